The second-order valence-corrected chi connectivity index (χ2v) is 4.58. The molecule has 1 aliphatic rings. The molecule has 0 bridgehead atoms. The fraction of sp³-hybridized carbons (Fsp3) is 0.600. The molecule has 0 N–H and O–H groups in total. The van der Waals surface area contributed by atoms with E-state index in [-0.39, 0.29) is 5.97 Å². The number of aromatic nitrogens is 1. The Balaban J connectivity index is 1.91. The molecule has 1 saturated carbocycles. The van der Waals surface area contributed by atoms with E-state index in [4.69, 9.17) is 0 Å². The molecule has 76 valence electrons. The van der Waals surface area contributed by atoms with Crippen molar-refractivity contribution in [2.24, 2.45) is 5.92 Å². The van der Waals surface area contributed by atoms with E-state index < -0.39 is 0 Å². The van der Waals surface area contributed by atoms with Crippen molar-refractivity contribution in [1.82, 2.24) is 4.98 Å². The summed E-state index contributed by atoms with van der Waals surface area (Å²) in [6.07, 6.45) is 4.07. The van der Waals surface area contributed by atoms with Gasteiger partial charge in [-0.2, -0.15) is 0 Å². The van der Waals surface area contributed by atoms with Crippen molar-refractivity contribution >= 4 is 17.3 Å². The van der Waals surface area contributed by atoms with Crippen molar-refractivity contribution in [3.05, 3.63) is 16.1 Å². The van der Waals surface area contributed by atoms with Gasteiger partial charge in [-0.25, -0.2) is 4.98 Å². The van der Waals surface area contributed by atoms with Crippen molar-refractivity contribution in [1.29, 1.82) is 0 Å². The van der Waals surface area contributed by atoms with Crippen LogP contribution in [0.5, 0.6) is 0 Å². The number of carbonyl (C=O) groups excluding carboxylic acids is 1. The summed E-state index contributed by atoms with van der Waals surface area (Å²) < 4.78 is 4.58. The van der Waals surface area contributed by atoms with Crippen molar-refractivity contribution in [2.45, 2.75) is 25.7 Å². The van der Waals surface area contributed by atoms with Crippen LogP contribution in [0.15, 0.2) is 5.38 Å². The third kappa shape index (κ3) is 2.54. The first-order valence-corrected chi connectivity index (χ1v) is 5.66. The van der Waals surface area contributed by atoms with Gasteiger partial charge in [0.25, 0.3) is 0 Å². The molecule has 0 saturated heterocycles. The predicted molar refractivity (Wildman–Crippen MR) is 54.3 cm³/mol. The zero-order chi connectivity index (χ0) is 9.97. The number of hydrogen-bond acceptors (Lipinski definition) is 4. The van der Waals surface area contributed by atoms with E-state index >= 15 is 0 Å². The lowest BCUT2D eigenvalue weighted by molar-refractivity contribution is -0.139. The Morgan fingerprint density at radius 1 is 1.71 bits per heavy atom. The highest BCUT2D eigenvalue weighted by Gasteiger charge is 2.23. The summed E-state index contributed by atoms with van der Waals surface area (Å²) in [6, 6.07) is 0. The van der Waals surface area contributed by atoms with Gasteiger partial charge < -0.3 is 4.74 Å². The number of nitrogens with zero attached hydrogens (tertiary/aromatic N) is 1. The Labute approximate surface area is 87.1 Å². The standard InChI is InChI=1S/C10H13NO2S/c1-13-10(12)5-8-6-14-9(11-8)4-7-2-3-7/h6-7H,2-5H2,1H3. The Hall–Kier alpha value is -0.900. The molecule has 0 unspecified atom stereocenters. The largest absolute Gasteiger partial charge is 0.469 e. The lowest BCUT2D eigenvalue weighted by atomic mass is 10.3. The van der Waals surface area contributed by atoms with Crippen LogP contribution in [-0.4, -0.2) is 18.1 Å². The second-order valence-electron chi connectivity index (χ2n) is 3.63. The summed E-state index contributed by atoms with van der Waals surface area (Å²) in [7, 11) is 1.40. The number of methoxy groups -OCH3 is 1. The molecule has 1 aromatic rings. The van der Waals surface area contributed by atoms with Gasteiger partial charge in [0, 0.05) is 11.8 Å². The first-order valence-electron chi connectivity index (χ1n) is 4.78. The molecule has 0 aliphatic heterocycles. The maximum absolute atomic E-state index is 11.0. The molecule has 0 amide bonds. The van der Waals surface area contributed by atoms with Gasteiger partial charge in [0.15, 0.2) is 0 Å². The van der Waals surface area contributed by atoms with E-state index in [9.17, 15) is 4.79 Å². The van der Waals surface area contributed by atoms with Crippen LogP contribution >= 0.6 is 11.3 Å². The predicted octanol–water partition coefficient (Wildman–Crippen LogP) is 1.81. The lowest BCUT2D eigenvalue weighted by Gasteiger charge is -1.94. The van der Waals surface area contributed by atoms with Gasteiger partial charge >= 0.3 is 5.97 Å². The summed E-state index contributed by atoms with van der Waals surface area (Å²) in [5, 5.41) is 3.11. The quantitative estimate of drug-likeness (QED) is 0.713. The molecule has 2 rings (SSSR count). The topological polar surface area (TPSA) is 39.2 Å². The van der Waals surface area contributed by atoms with Gasteiger partial charge in [0.05, 0.1) is 24.2 Å². The molecular formula is C10H13NO2S. The van der Waals surface area contributed by atoms with Crippen LogP contribution in [-0.2, 0) is 22.4 Å². The molecular weight excluding hydrogens is 198 g/mol. The zero-order valence-electron chi connectivity index (χ0n) is 8.16. The summed E-state index contributed by atoms with van der Waals surface area (Å²) in [5.41, 5.74) is 0.845. The fourth-order valence-electron chi connectivity index (χ4n) is 1.31. The maximum atomic E-state index is 11.0. The highest BCUT2D eigenvalue weighted by molar-refractivity contribution is 7.09. The van der Waals surface area contributed by atoms with Crippen LogP contribution in [0.1, 0.15) is 23.5 Å². The first-order chi connectivity index (χ1) is 6.78. The molecule has 4 heteroatoms. The summed E-state index contributed by atoms with van der Waals surface area (Å²) >= 11 is 1.65. The Morgan fingerprint density at radius 2 is 2.50 bits per heavy atom. The minimum absolute atomic E-state index is 0.215. The van der Waals surface area contributed by atoms with E-state index in [1.807, 2.05) is 5.38 Å². The number of ether oxygens (including phenoxy) is 1. The molecule has 0 aromatic carbocycles. The average molecular weight is 211 g/mol. The molecule has 3 nitrogen and oxygen atoms in total. The first kappa shape index (κ1) is 9.65. The maximum Gasteiger partial charge on any atom is 0.311 e. The lowest BCUT2D eigenvalue weighted by Crippen LogP contribution is -2.04. The summed E-state index contributed by atoms with van der Waals surface area (Å²) in [5.74, 6) is 0.639. The number of rotatable bonds is 4. The van der Waals surface area contributed by atoms with Gasteiger partial charge in [0.1, 0.15) is 0 Å². The van der Waals surface area contributed by atoms with Crippen LogP contribution in [0.3, 0.4) is 0 Å². The SMILES string of the molecule is COC(=O)Cc1csc(CC2CC2)n1. The van der Waals surface area contributed by atoms with Gasteiger partial charge in [0.2, 0.25) is 0 Å². The molecule has 1 aromatic heterocycles. The Morgan fingerprint density at radius 3 is 3.14 bits per heavy atom. The smallest absolute Gasteiger partial charge is 0.311 e. The van der Waals surface area contributed by atoms with Crippen molar-refractivity contribution in [3.63, 3.8) is 0 Å². The number of thiazole rings is 1. The summed E-state index contributed by atoms with van der Waals surface area (Å²) in [4.78, 5) is 15.4. The van der Waals surface area contributed by atoms with E-state index in [0.717, 1.165) is 23.0 Å². The molecule has 0 atom stereocenters. The Kier molecular flexibility index (Phi) is 2.82. The Bertz CT molecular complexity index is 331. The van der Waals surface area contributed by atoms with Crippen molar-refractivity contribution < 1.29 is 9.53 Å². The number of carbonyl (C=O) groups is 1. The van der Waals surface area contributed by atoms with E-state index in [2.05, 4.69) is 9.72 Å². The molecule has 0 radical (unpaired) electrons. The fourth-order valence-corrected chi connectivity index (χ4v) is 2.22. The van der Waals surface area contributed by atoms with Crippen LogP contribution in [0.2, 0.25) is 0 Å². The van der Waals surface area contributed by atoms with Gasteiger partial charge in [-0.15, -0.1) is 11.3 Å². The third-order valence-corrected chi connectivity index (χ3v) is 3.23. The van der Waals surface area contributed by atoms with Gasteiger partial charge in [-0.1, -0.05) is 0 Å². The molecule has 1 aliphatic carbocycles. The number of hydrogen-bond donors (Lipinski definition) is 0. The van der Waals surface area contributed by atoms with Crippen LogP contribution in [0.25, 0.3) is 0 Å². The average Bonchev–Trinajstić information content (AvgIpc) is 2.87. The highest BCUT2D eigenvalue weighted by Crippen LogP contribution is 2.33. The van der Waals surface area contributed by atoms with E-state index in [1.165, 1.54) is 20.0 Å². The van der Waals surface area contributed by atoms with Gasteiger partial charge in [-0.3, -0.25) is 4.79 Å². The third-order valence-electron chi connectivity index (χ3n) is 2.31. The normalized spacial score (nSPS) is 15.5. The second kappa shape index (κ2) is 4.09. The van der Waals surface area contributed by atoms with E-state index in [1.54, 1.807) is 11.3 Å². The molecule has 1 heterocycles. The monoisotopic (exact) mass is 211 g/mol. The molecule has 14 heavy (non-hydrogen) atoms. The zero-order valence-corrected chi connectivity index (χ0v) is 8.97. The van der Waals surface area contributed by atoms with Gasteiger partial charge in [-0.05, 0) is 18.8 Å². The summed E-state index contributed by atoms with van der Waals surface area (Å²) in [6.45, 7) is 0. The van der Waals surface area contributed by atoms with Crippen LogP contribution < -0.4 is 0 Å². The minimum atomic E-state index is -0.215. The number of esters is 1. The van der Waals surface area contributed by atoms with E-state index in [0.29, 0.717) is 6.42 Å². The molecule has 1 fully saturated rings. The molecule has 0 spiro atoms. The van der Waals surface area contributed by atoms with Crippen molar-refractivity contribution in [2.75, 3.05) is 7.11 Å². The van der Waals surface area contributed by atoms with Crippen molar-refractivity contribution in [3.8, 4) is 0 Å². The highest BCUT2D eigenvalue weighted by atomic mass is 32.1. The van der Waals surface area contributed by atoms with Crippen LogP contribution in [0, 0.1) is 5.92 Å². The van der Waals surface area contributed by atoms with Crippen LogP contribution in [0.4, 0.5) is 0 Å². The minimum Gasteiger partial charge on any atom is -0.469 e.